The molecule has 10 N–H and O–H groups in total. The summed E-state index contributed by atoms with van der Waals surface area (Å²) in [6.45, 7) is 18.8. The topological polar surface area (TPSA) is 403 Å². The van der Waals surface area contributed by atoms with E-state index in [1.807, 2.05) is 129 Å². The van der Waals surface area contributed by atoms with E-state index in [0.717, 1.165) is 93.7 Å². The minimum atomic E-state index is -1.41. The smallest absolute Gasteiger partial charge is 0.481 e. The number of halogens is 6. The average molecular weight is 1790 g/mol. The number of fused-ring (bicyclic) bond motifs is 5. The fourth-order valence-corrected chi connectivity index (χ4v) is 14.7. The highest BCUT2D eigenvalue weighted by Gasteiger charge is 2.44. The summed E-state index contributed by atoms with van der Waals surface area (Å²) >= 11 is 13.7. The molecule has 0 bridgehead atoms. The summed E-state index contributed by atoms with van der Waals surface area (Å²) in [4.78, 5) is 99.3. The second-order valence-corrected chi connectivity index (χ2v) is 33.4. The number of pyridine rings is 8. The maximum Gasteiger partial charge on any atom is 0.490 e. The maximum atomic E-state index is 12.9. The number of aromatic nitrogens is 13. The number of ether oxygens (including phenoxy) is 2. The van der Waals surface area contributed by atoms with Crippen LogP contribution in [0.4, 0.5) is 44.0 Å². The Morgan fingerprint density at radius 1 is 0.482 bits per heavy atom. The predicted molar refractivity (Wildman–Crippen MR) is 453 cm³/mol. The largest absolute Gasteiger partial charge is 0.490 e. The van der Waals surface area contributed by atoms with Gasteiger partial charge in [-0.1, -0.05) is 72.6 Å². The van der Waals surface area contributed by atoms with Crippen LogP contribution < -0.4 is 32.9 Å². The van der Waals surface area contributed by atoms with Crippen molar-refractivity contribution < 1.29 is 52.6 Å². The van der Waals surface area contributed by atoms with Crippen molar-refractivity contribution in [2.75, 3.05) is 27.4 Å². The summed E-state index contributed by atoms with van der Waals surface area (Å²) in [6, 6.07) is 21.4. The molecule has 1 aromatic carbocycles. The molecule has 39 heteroatoms. The fourth-order valence-electron chi connectivity index (χ4n) is 9.67. The summed E-state index contributed by atoms with van der Waals surface area (Å²) < 4.78 is 41.7. The van der Waals surface area contributed by atoms with Gasteiger partial charge >= 0.3 is 25.3 Å². The van der Waals surface area contributed by atoms with Crippen molar-refractivity contribution in [2.24, 2.45) is 11.8 Å². The summed E-state index contributed by atoms with van der Waals surface area (Å²) in [5.41, 5.74) is 24.4. The van der Waals surface area contributed by atoms with Crippen molar-refractivity contribution in [3.8, 4) is 33.4 Å². The Morgan fingerprint density at radius 3 is 1.23 bits per heavy atom. The highest BCUT2D eigenvalue weighted by Crippen LogP contribution is 2.38. The number of carboxylic acids is 1. The molecule has 13 heterocycles. The van der Waals surface area contributed by atoms with Crippen LogP contribution in [0.25, 0.3) is 85.0 Å². The van der Waals surface area contributed by atoms with E-state index in [1.165, 1.54) is 68.4 Å². The molecular formula is C73H73BBr2Cl2F2N18O9S5. The lowest BCUT2D eigenvalue weighted by Crippen LogP contribution is -2.32. The van der Waals surface area contributed by atoms with Gasteiger partial charge in [0.2, 0.25) is 5.91 Å². The number of nitrogens with two attached hydrogens (primary N) is 2. The Hall–Kier alpha value is -9.67. The summed E-state index contributed by atoms with van der Waals surface area (Å²) in [7, 11) is -1.41. The number of hydrogen-bond acceptors (Lipinski definition) is 28. The predicted octanol–water partition coefficient (Wildman–Crippen LogP) is 17.2. The van der Waals surface area contributed by atoms with Gasteiger partial charge in [0.25, 0.3) is 0 Å². The van der Waals surface area contributed by atoms with Crippen molar-refractivity contribution in [2.45, 2.75) is 106 Å². The van der Waals surface area contributed by atoms with Gasteiger partial charge in [-0.25, -0.2) is 53.3 Å². The van der Waals surface area contributed by atoms with Gasteiger partial charge in [-0.3, -0.25) is 40.2 Å². The molecule has 0 spiro atoms. The lowest BCUT2D eigenvalue weighted by molar-refractivity contribution is -0.138. The number of nitrogens with one attached hydrogen (secondary N) is 3. The SMILES string of the molecule is CC(C)(C)OC(=O)Nc1nc2ccc(Br)cc2s1.Cc1ccncc1-c1cnc2nc(N)sc2c1.Cc1ccncc1-c1cnc2nc(NC(=O)OC(C)(C)C)sc2c1.Cc1ccncc1-c1cnc2nc(NC(=O)[C@@H]3C[C@@H]3F)sc2c1.Cc1ccncc1B(O)O.Cl.Cl.Nc1nc2ncc(Br)cc2s1.O=C(O)[C@@H]1C[C@@H]1F. The number of carboxylic acid groups (broad SMARTS) is 1. The molecular weight excluding hydrogens is 1710 g/mol. The van der Waals surface area contributed by atoms with Crippen LogP contribution in [0.1, 0.15) is 76.6 Å². The van der Waals surface area contributed by atoms with Gasteiger partial charge in [-0.05, 0) is 187 Å². The fraction of sp³-hybridized carbons (Fsp3) is 0.247. The highest BCUT2D eigenvalue weighted by atomic mass is 79.9. The molecule has 14 aromatic rings. The minimum absolute atomic E-state index is 0. The molecule has 2 fully saturated rings. The summed E-state index contributed by atoms with van der Waals surface area (Å²) in [5, 5.41) is 36.0. The molecule has 0 aliphatic heterocycles. The van der Waals surface area contributed by atoms with Gasteiger partial charge in [0, 0.05) is 122 Å². The molecule has 2 aliphatic rings. The zero-order valence-corrected chi connectivity index (χ0v) is 70.1. The van der Waals surface area contributed by atoms with E-state index in [0.29, 0.717) is 54.5 Å². The van der Waals surface area contributed by atoms with Crippen LogP contribution in [-0.4, -0.2) is 135 Å². The Labute approximate surface area is 689 Å². The van der Waals surface area contributed by atoms with Crippen LogP contribution in [0.15, 0.2) is 150 Å². The first-order chi connectivity index (χ1) is 52.2. The van der Waals surface area contributed by atoms with E-state index in [-0.39, 0.29) is 37.1 Å². The zero-order chi connectivity index (χ0) is 79.3. The highest BCUT2D eigenvalue weighted by molar-refractivity contribution is 9.10. The van der Waals surface area contributed by atoms with Crippen LogP contribution >= 0.6 is 113 Å². The number of hydrogen-bond donors (Lipinski definition) is 8. The quantitative estimate of drug-likeness (QED) is 0.0622. The summed E-state index contributed by atoms with van der Waals surface area (Å²) in [5.74, 6) is -2.52. The molecule has 584 valence electrons. The molecule has 2 saturated carbocycles. The molecule has 4 atom stereocenters. The van der Waals surface area contributed by atoms with Gasteiger partial charge in [0.05, 0.1) is 40.9 Å². The Kier molecular flexibility index (Phi) is 30.8. The van der Waals surface area contributed by atoms with Crippen LogP contribution in [0.3, 0.4) is 0 Å². The number of aliphatic carboxylic acids is 1. The number of rotatable bonds is 9. The molecule has 16 rings (SSSR count). The maximum absolute atomic E-state index is 12.9. The van der Waals surface area contributed by atoms with E-state index in [9.17, 15) is 28.0 Å². The van der Waals surface area contributed by atoms with Crippen molar-refractivity contribution in [3.05, 3.63) is 172 Å². The normalized spacial score (nSPS) is 14.3. The molecule has 0 unspecified atom stereocenters. The van der Waals surface area contributed by atoms with E-state index in [1.54, 1.807) is 62.6 Å². The number of nitrogen functional groups attached to an aromatic ring is 2. The molecule has 27 nitrogen and oxygen atoms in total. The van der Waals surface area contributed by atoms with E-state index in [2.05, 4.69) is 126 Å². The van der Waals surface area contributed by atoms with E-state index < -0.39 is 60.7 Å². The van der Waals surface area contributed by atoms with E-state index in [4.69, 9.17) is 36.1 Å². The molecule has 13 aromatic heterocycles. The Balaban J connectivity index is 0.000000168. The molecule has 2 aliphatic carbocycles. The standard InChI is InChI=1S/C17H18N4O2S.C16H13FN4OS.C12H13BrN2O2S.C12H10N4S.C6H8BNO2.C6H4BrN3S.C4H5FO2.2ClH/c1-10-5-6-18-9-12(10)11-7-13-14(19-8-11)20-15(24-13)21-16(22)23-17(2,3)4;1-8-2-3-18-7-11(8)9-4-13-14(19-6-9)20-16(23-13)21-15(22)10-5-12(10)17;1-12(2,3)17-11(16)15-10-14-8-5-4-7(13)6-9(8)18-10;1-7-2-3-14-6-9(7)8-4-10-11(15-5-8)16-12(13)17-10;1-5-2-3-8-4-6(5)7(9)10;7-3-1-4-5(9-2-3)10-6(8)11-4;5-3-1-2(3)4(6)7;;/h5-9H,1-4H3,(H,19,20,21,22);2-4,6-7,10,12H,5H2,1H3,(H,19,20,21,22);4-6H,1-3H3,(H,14,15,16);2-6H,1H3,(H2,13,15,16);2-4,9-10H,1H3;1-2H,(H2,8,9,10);2-3H,1H2,(H,6,7);2*1H/t;10-,12+;;;;;2-,3+;;/m.1....1../s1. The van der Waals surface area contributed by atoms with Gasteiger partial charge in [0.15, 0.2) is 48.2 Å². The van der Waals surface area contributed by atoms with Crippen LogP contribution in [0, 0.1) is 39.5 Å². The van der Waals surface area contributed by atoms with Crippen LogP contribution in [-0.2, 0) is 19.1 Å². The first-order valence-electron chi connectivity index (χ1n) is 33.3. The number of carbonyl (C=O) groups excluding carboxylic acids is 3. The minimum Gasteiger partial charge on any atom is -0.481 e. The third kappa shape index (κ3) is 25.4. The second-order valence-electron chi connectivity index (χ2n) is 26.4. The van der Waals surface area contributed by atoms with Gasteiger partial charge < -0.3 is 41.4 Å². The van der Waals surface area contributed by atoms with Gasteiger partial charge in [0.1, 0.15) is 23.5 Å². The number of alkyl halides is 2. The molecule has 3 amide bonds. The molecule has 0 saturated heterocycles. The van der Waals surface area contributed by atoms with E-state index >= 15 is 0 Å². The molecule has 0 radical (unpaired) electrons. The number of nitrogens with zero attached hydrogens (tertiary/aromatic N) is 13. The van der Waals surface area contributed by atoms with Crippen molar-refractivity contribution in [1.82, 2.24) is 64.8 Å². The molecule has 112 heavy (non-hydrogen) atoms. The van der Waals surface area contributed by atoms with Gasteiger partial charge in [-0.2, -0.15) is 9.97 Å². The Morgan fingerprint density at radius 2 is 0.848 bits per heavy atom. The monoisotopic (exact) mass is 1780 g/mol. The lowest BCUT2D eigenvalue weighted by atomic mass is 9.79. The number of anilines is 5. The number of amides is 3. The van der Waals surface area contributed by atoms with Crippen molar-refractivity contribution in [3.63, 3.8) is 0 Å². The second kappa shape index (κ2) is 39.2. The van der Waals surface area contributed by atoms with Gasteiger partial charge in [-0.15, -0.1) is 24.8 Å². The average Bonchev–Trinajstić information content (AvgIpc) is 1.60. The van der Waals surface area contributed by atoms with Crippen LogP contribution in [0.2, 0.25) is 0 Å². The first kappa shape index (κ1) is 87.9. The third-order valence-corrected chi connectivity index (χ3v) is 20.6. The first-order valence-corrected chi connectivity index (χ1v) is 39.0. The van der Waals surface area contributed by atoms with Crippen molar-refractivity contribution >= 4 is 227 Å². The Bertz CT molecular complexity index is 5640. The number of carbonyl (C=O) groups is 4. The van der Waals surface area contributed by atoms with Crippen LogP contribution in [0.5, 0.6) is 0 Å². The lowest BCUT2D eigenvalue weighted by Gasteiger charge is -2.18. The third-order valence-electron chi connectivity index (χ3n) is 15.3. The number of aryl methyl sites for hydroxylation is 4. The summed E-state index contributed by atoms with van der Waals surface area (Å²) in [6.07, 6.45) is 18.3. The number of benzene rings is 1. The van der Waals surface area contributed by atoms with Crippen molar-refractivity contribution in [1.29, 1.82) is 0 Å². The number of thiazole rings is 5. The zero-order valence-electron chi connectivity index (χ0n) is 61.2.